The second kappa shape index (κ2) is 4.77. The van der Waals surface area contributed by atoms with Crippen LogP contribution in [0.15, 0.2) is 0 Å². The van der Waals surface area contributed by atoms with Gasteiger partial charge >= 0.3 is 12.1 Å². The second-order valence-electron chi connectivity index (χ2n) is 3.46. The highest BCUT2D eigenvalue weighted by molar-refractivity contribution is 5.69. The van der Waals surface area contributed by atoms with Gasteiger partial charge in [-0.15, -0.1) is 0 Å². The maximum absolute atomic E-state index is 10.8. The summed E-state index contributed by atoms with van der Waals surface area (Å²) < 4.78 is 4.63. The minimum absolute atomic E-state index is 0.115. The molecule has 0 saturated heterocycles. The molecule has 82 valence electrons. The number of rotatable bonds is 3. The summed E-state index contributed by atoms with van der Waals surface area (Å²) in [4.78, 5) is 24.9. The van der Waals surface area contributed by atoms with Crippen molar-refractivity contribution in [1.82, 2.24) is 5.23 Å². The van der Waals surface area contributed by atoms with Crippen LogP contribution in [0.2, 0.25) is 0 Å². The maximum Gasteiger partial charge on any atom is 0.530 e. The summed E-state index contributed by atoms with van der Waals surface area (Å²) >= 11 is 0. The molecule has 0 heterocycles. The van der Waals surface area contributed by atoms with Gasteiger partial charge in [0.1, 0.15) is 5.60 Å². The number of carboxylic acids is 1. The predicted octanol–water partition coefficient (Wildman–Crippen LogP) is 0.629. The molecular formula is C7H13NO6. The number of ether oxygens (including phenoxy) is 1. The van der Waals surface area contributed by atoms with Crippen molar-refractivity contribution < 1.29 is 29.5 Å². The normalized spacial score (nSPS) is 11.2. The molecule has 0 atom stereocenters. The van der Waals surface area contributed by atoms with E-state index in [1.807, 2.05) is 0 Å². The molecular weight excluding hydrogens is 194 g/mol. The van der Waals surface area contributed by atoms with Gasteiger partial charge in [-0.1, -0.05) is 0 Å². The summed E-state index contributed by atoms with van der Waals surface area (Å²) in [5, 5.41) is 16.8. The number of carbonyl (C=O) groups excluding carboxylic acids is 1. The first kappa shape index (κ1) is 12.7. The summed E-state index contributed by atoms with van der Waals surface area (Å²) in [5.41, 5.74) is -0.763. The summed E-state index contributed by atoms with van der Waals surface area (Å²) in [5.74, 6) is -1.34. The van der Waals surface area contributed by atoms with Crippen LogP contribution < -0.4 is 0 Å². The lowest BCUT2D eigenvalue weighted by atomic mass is 10.2. The number of hydroxylamine groups is 2. The zero-order valence-electron chi connectivity index (χ0n) is 8.18. The van der Waals surface area contributed by atoms with E-state index in [1.165, 1.54) is 0 Å². The predicted molar refractivity (Wildman–Crippen MR) is 43.4 cm³/mol. The summed E-state index contributed by atoms with van der Waals surface area (Å²) in [7, 11) is 0. The average molecular weight is 207 g/mol. The van der Waals surface area contributed by atoms with Gasteiger partial charge in [-0.3, -0.25) is 10.0 Å². The Morgan fingerprint density at radius 1 is 1.36 bits per heavy atom. The molecule has 2 N–H and O–H groups in total. The van der Waals surface area contributed by atoms with Gasteiger partial charge in [0.25, 0.3) is 0 Å². The molecule has 0 spiro atoms. The molecule has 0 unspecified atom stereocenters. The minimum Gasteiger partial charge on any atom is -0.480 e. The number of nitrogens with zero attached hydrogens (tertiary/aromatic N) is 1. The Balaban J connectivity index is 3.89. The first-order chi connectivity index (χ1) is 6.20. The zero-order valence-corrected chi connectivity index (χ0v) is 8.18. The Hall–Kier alpha value is -1.34. The van der Waals surface area contributed by atoms with Gasteiger partial charge in [-0.25, -0.2) is 4.79 Å². The third-order valence-electron chi connectivity index (χ3n) is 0.840. The van der Waals surface area contributed by atoms with Crippen LogP contribution in [0.5, 0.6) is 0 Å². The lowest BCUT2D eigenvalue weighted by molar-refractivity contribution is -0.310. The van der Waals surface area contributed by atoms with Gasteiger partial charge in [0.2, 0.25) is 0 Å². The quantitative estimate of drug-likeness (QED) is 0.517. The highest BCUT2D eigenvalue weighted by Crippen LogP contribution is 2.08. The van der Waals surface area contributed by atoms with Crippen molar-refractivity contribution in [2.24, 2.45) is 0 Å². The number of hydrogen-bond donors (Lipinski definition) is 2. The Morgan fingerprint density at radius 3 is 2.21 bits per heavy atom. The van der Waals surface area contributed by atoms with Gasteiger partial charge in [0.15, 0.2) is 6.54 Å². The third kappa shape index (κ3) is 7.32. The Labute approximate surface area is 80.7 Å². The molecule has 0 aromatic carbocycles. The number of carboxylic acid groups (broad SMARTS) is 1. The Morgan fingerprint density at radius 2 is 1.86 bits per heavy atom. The fourth-order valence-electron chi connectivity index (χ4n) is 0.503. The molecule has 7 nitrogen and oxygen atoms in total. The Bertz CT molecular complexity index is 221. The monoisotopic (exact) mass is 207 g/mol. The first-order valence-corrected chi connectivity index (χ1v) is 3.80. The van der Waals surface area contributed by atoms with E-state index in [-0.39, 0.29) is 5.23 Å². The molecule has 0 amide bonds. The lowest BCUT2D eigenvalue weighted by Gasteiger charge is -2.19. The second-order valence-corrected chi connectivity index (χ2v) is 3.46. The molecule has 0 aromatic heterocycles. The van der Waals surface area contributed by atoms with Crippen LogP contribution in [0, 0.1) is 0 Å². The molecule has 7 heteroatoms. The highest BCUT2D eigenvalue weighted by Gasteiger charge is 2.20. The molecule has 0 aliphatic rings. The molecule has 0 fully saturated rings. The van der Waals surface area contributed by atoms with Gasteiger partial charge in [-0.2, -0.15) is 0 Å². The van der Waals surface area contributed by atoms with E-state index in [1.54, 1.807) is 20.8 Å². The number of aliphatic carboxylic acids is 1. The van der Waals surface area contributed by atoms with Gasteiger partial charge in [0, 0.05) is 0 Å². The van der Waals surface area contributed by atoms with E-state index in [4.69, 9.17) is 10.3 Å². The fraction of sp³-hybridized carbons (Fsp3) is 0.714. The van der Waals surface area contributed by atoms with Crippen LogP contribution in [-0.4, -0.2) is 39.8 Å². The van der Waals surface area contributed by atoms with Crippen LogP contribution in [0.3, 0.4) is 0 Å². The SMILES string of the molecule is CC(C)(C)OC(=O)ON(O)CC(=O)O. The molecule has 0 aromatic rings. The first-order valence-electron chi connectivity index (χ1n) is 3.80. The van der Waals surface area contributed by atoms with E-state index in [0.717, 1.165) is 0 Å². The Kier molecular flexibility index (Phi) is 4.32. The lowest BCUT2D eigenvalue weighted by Crippen LogP contribution is -2.33. The number of hydrogen-bond acceptors (Lipinski definition) is 6. The standard InChI is InChI=1S/C7H13NO6/c1-7(2,3)13-6(11)14-8(12)4-5(9)10/h12H,4H2,1-3H3,(H,9,10). The topological polar surface area (TPSA) is 96.3 Å². The smallest absolute Gasteiger partial charge is 0.480 e. The largest absolute Gasteiger partial charge is 0.530 e. The van der Waals surface area contributed by atoms with Crippen molar-refractivity contribution >= 4 is 12.1 Å². The van der Waals surface area contributed by atoms with E-state index >= 15 is 0 Å². The van der Waals surface area contributed by atoms with Gasteiger partial charge in [-0.05, 0) is 26.0 Å². The maximum atomic E-state index is 10.8. The molecule has 14 heavy (non-hydrogen) atoms. The third-order valence-corrected chi connectivity index (χ3v) is 0.840. The molecule has 0 aliphatic heterocycles. The van der Waals surface area contributed by atoms with E-state index < -0.39 is 24.3 Å². The van der Waals surface area contributed by atoms with E-state index in [0.29, 0.717) is 0 Å². The van der Waals surface area contributed by atoms with E-state index in [9.17, 15) is 9.59 Å². The highest BCUT2D eigenvalue weighted by atomic mass is 16.9. The summed E-state index contributed by atoms with van der Waals surface area (Å²) in [6.45, 7) is 3.98. The van der Waals surface area contributed by atoms with Crippen molar-refractivity contribution in [2.45, 2.75) is 26.4 Å². The molecule has 0 saturated carbocycles. The minimum atomic E-state index is -1.34. The fourth-order valence-corrected chi connectivity index (χ4v) is 0.503. The van der Waals surface area contributed by atoms with Gasteiger partial charge in [0.05, 0.1) is 0 Å². The van der Waals surface area contributed by atoms with Crippen molar-refractivity contribution in [1.29, 1.82) is 0 Å². The van der Waals surface area contributed by atoms with Crippen molar-refractivity contribution in [3.63, 3.8) is 0 Å². The van der Waals surface area contributed by atoms with Crippen LogP contribution >= 0.6 is 0 Å². The summed E-state index contributed by atoms with van der Waals surface area (Å²) in [6, 6.07) is 0. The van der Waals surface area contributed by atoms with Crippen molar-refractivity contribution in [3.05, 3.63) is 0 Å². The molecule has 0 rings (SSSR count). The van der Waals surface area contributed by atoms with Crippen LogP contribution in [0.1, 0.15) is 20.8 Å². The van der Waals surface area contributed by atoms with Crippen LogP contribution in [0.4, 0.5) is 4.79 Å². The van der Waals surface area contributed by atoms with Crippen LogP contribution in [0.25, 0.3) is 0 Å². The zero-order chi connectivity index (χ0) is 11.4. The van der Waals surface area contributed by atoms with E-state index in [2.05, 4.69) is 9.57 Å². The molecule has 0 bridgehead atoms. The summed E-state index contributed by atoms with van der Waals surface area (Å²) in [6.07, 6.45) is -1.17. The number of carbonyl (C=O) groups is 2. The van der Waals surface area contributed by atoms with Gasteiger partial charge < -0.3 is 14.7 Å². The average Bonchev–Trinajstić information content (AvgIpc) is 1.77. The molecule has 0 radical (unpaired) electrons. The van der Waals surface area contributed by atoms with Crippen LogP contribution in [-0.2, 0) is 14.4 Å². The van der Waals surface area contributed by atoms with Crippen molar-refractivity contribution in [2.75, 3.05) is 6.54 Å². The van der Waals surface area contributed by atoms with Crippen molar-refractivity contribution in [3.8, 4) is 0 Å². The molecule has 0 aliphatic carbocycles.